The van der Waals surface area contributed by atoms with E-state index in [1.54, 1.807) is 49.4 Å². The van der Waals surface area contributed by atoms with Gasteiger partial charge in [0.05, 0.1) is 12.3 Å². The molecule has 0 aliphatic heterocycles. The maximum absolute atomic E-state index is 13.0. The molecule has 0 heterocycles. The first-order valence-corrected chi connectivity index (χ1v) is 9.59. The number of nitrogens with zero attached hydrogens (tertiary/aromatic N) is 1. The number of likely N-dealkylation sites (N-methyl/N-ethyl adjacent to an activating group) is 1. The molecule has 0 aromatic heterocycles. The second kappa shape index (κ2) is 7.76. The van der Waals surface area contributed by atoms with Crippen molar-refractivity contribution in [2.75, 3.05) is 13.3 Å². The van der Waals surface area contributed by atoms with Crippen molar-refractivity contribution < 1.29 is 17.6 Å². The second-order valence-electron chi connectivity index (χ2n) is 5.87. The minimum Gasteiger partial charge on any atom is -0.348 e. The van der Waals surface area contributed by atoms with Gasteiger partial charge in [-0.2, -0.15) is 4.31 Å². The van der Waals surface area contributed by atoms with E-state index in [1.807, 2.05) is 0 Å². The lowest BCUT2D eigenvalue weighted by atomic mass is 10.0. The third-order valence-corrected chi connectivity index (χ3v) is 5.24. The SMILES string of the molecule is CC(NC(=O)C(c1ccccc1)N(C)S(C)(=O)=O)c1ccc(F)cc1. The number of sulfonamides is 1. The quantitative estimate of drug-likeness (QED) is 0.857. The van der Waals surface area contributed by atoms with E-state index in [0.29, 0.717) is 5.56 Å². The van der Waals surface area contributed by atoms with Crippen LogP contribution in [0.3, 0.4) is 0 Å². The molecule has 7 heteroatoms. The summed E-state index contributed by atoms with van der Waals surface area (Å²) < 4.78 is 38.0. The first-order valence-electron chi connectivity index (χ1n) is 7.74. The van der Waals surface area contributed by atoms with Crippen LogP contribution in [0.4, 0.5) is 4.39 Å². The predicted octanol–water partition coefficient (Wildman–Crippen LogP) is 2.64. The average molecular weight is 364 g/mol. The molecule has 0 saturated heterocycles. The first-order chi connectivity index (χ1) is 11.7. The topological polar surface area (TPSA) is 66.5 Å². The van der Waals surface area contributed by atoms with Crippen LogP contribution in [0.1, 0.15) is 30.1 Å². The Labute approximate surface area is 147 Å². The summed E-state index contributed by atoms with van der Waals surface area (Å²) in [5.74, 6) is -0.808. The molecule has 1 N–H and O–H groups in total. The Morgan fingerprint density at radius 2 is 1.60 bits per heavy atom. The fourth-order valence-corrected chi connectivity index (χ4v) is 3.08. The molecule has 0 saturated carbocycles. The van der Waals surface area contributed by atoms with Crippen LogP contribution in [-0.2, 0) is 14.8 Å². The number of benzene rings is 2. The molecule has 0 fully saturated rings. The summed E-state index contributed by atoms with van der Waals surface area (Å²) in [5, 5.41) is 2.80. The highest BCUT2D eigenvalue weighted by Gasteiger charge is 2.31. The van der Waals surface area contributed by atoms with Crippen molar-refractivity contribution in [3.05, 3.63) is 71.5 Å². The maximum Gasteiger partial charge on any atom is 0.243 e. The summed E-state index contributed by atoms with van der Waals surface area (Å²) in [7, 11) is -2.21. The summed E-state index contributed by atoms with van der Waals surface area (Å²) in [6.07, 6.45) is 1.06. The van der Waals surface area contributed by atoms with Gasteiger partial charge in [0.25, 0.3) is 0 Å². The molecule has 134 valence electrons. The average Bonchev–Trinajstić information content (AvgIpc) is 2.55. The molecule has 2 unspecified atom stereocenters. The molecular weight excluding hydrogens is 343 g/mol. The highest BCUT2D eigenvalue weighted by molar-refractivity contribution is 7.88. The van der Waals surface area contributed by atoms with Crippen molar-refractivity contribution in [1.29, 1.82) is 0 Å². The lowest BCUT2D eigenvalue weighted by molar-refractivity contribution is -0.125. The Morgan fingerprint density at radius 3 is 2.12 bits per heavy atom. The van der Waals surface area contributed by atoms with Gasteiger partial charge in [0.15, 0.2) is 0 Å². The van der Waals surface area contributed by atoms with Gasteiger partial charge in [-0.1, -0.05) is 42.5 Å². The number of amides is 1. The van der Waals surface area contributed by atoms with Gasteiger partial charge >= 0.3 is 0 Å². The zero-order valence-corrected chi connectivity index (χ0v) is 15.1. The van der Waals surface area contributed by atoms with Crippen LogP contribution in [-0.4, -0.2) is 31.9 Å². The number of halogens is 1. The van der Waals surface area contributed by atoms with E-state index in [-0.39, 0.29) is 5.82 Å². The molecule has 2 aromatic carbocycles. The van der Waals surface area contributed by atoms with Crippen molar-refractivity contribution >= 4 is 15.9 Å². The Bertz CT molecular complexity index is 823. The van der Waals surface area contributed by atoms with Crippen LogP contribution in [0.2, 0.25) is 0 Å². The van der Waals surface area contributed by atoms with E-state index in [4.69, 9.17) is 0 Å². The minimum absolute atomic E-state index is 0.360. The molecule has 5 nitrogen and oxygen atoms in total. The highest BCUT2D eigenvalue weighted by atomic mass is 32.2. The lowest BCUT2D eigenvalue weighted by Crippen LogP contribution is -2.42. The van der Waals surface area contributed by atoms with Crippen molar-refractivity contribution in [3.63, 3.8) is 0 Å². The zero-order valence-electron chi connectivity index (χ0n) is 14.3. The van der Waals surface area contributed by atoms with Crippen LogP contribution in [0.15, 0.2) is 54.6 Å². The molecule has 0 bridgehead atoms. The number of hydrogen-bond donors (Lipinski definition) is 1. The summed E-state index contributed by atoms with van der Waals surface area (Å²) in [6, 6.07) is 13.1. The van der Waals surface area contributed by atoms with Gasteiger partial charge < -0.3 is 5.32 Å². The highest BCUT2D eigenvalue weighted by Crippen LogP contribution is 2.23. The second-order valence-corrected chi connectivity index (χ2v) is 7.92. The Morgan fingerprint density at radius 1 is 1.04 bits per heavy atom. The van der Waals surface area contributed by atoms with Crippen molar-refractivity contribution in [3.8, 4) is 0 Å². The molecule has 0 aliphatic carbocycles. The smallest absolute Gasteiger partial charge is 0.243 e. The Balaban J connectivity index is 2.28. The number of nitrogens with one attached hydrogen (secondary N) is 1. The third kappa shape index (κ3) is 4.87. The van der Waals surface area contributed by atoms with E-state index in [9.17, 15) is 17.6 Å². The van der Waals surface area contributed by atoms with Crippen molar-refractivity contribution in [1.82, 2.24) is 9.62 Å². The maximum atomic E-state index is 13.0. The molecule has 0 radical (unpaired) electrons. The van der Waals surface area contributed by atoms with Crippen LogP contribution in [0.25, 0.3) is 0 Å². The van der Waals surface area contributed by atoms with E-state index in [0.717, 1.165) is 16.1 Å². The predicted molar refractivity (Wildman–Crippen MR) is 94.7 cm³/mol. The molecule has 0 spiro atoms. The largest absolute Gasteiger partial charge is 0.348 e. The van der Waals surface area contributed by atoms with Gasteiger partial charge in [-0.05, 0) is 30.2 Å². The molecule has 2 aromatic rings. The first kappa shape index (κ1) is 19.1. The fraction of sp³-hybridized carbons (Fsp3) is 0.278. The monoisotopic (exact) mass is 364 g/mol. The van der Waals surface area contributed by atoms with Gasteiger partial charge in [0.2, 0.25) is 15.9 Å². The van der Waals surface area contributed by atoms with Gasteiger partial charge in [-0.3, -0.25) is 4.79 Å². The van der Waals surface area contributed by atoms with Crippen LogP contribution in [0.5, 0.6) is 0 Å². The molecule has 2 atom stereocenters. The number of carbonyl (C=O) groups excluding carboxylic acids is 1. The van der Waals surface area contributed by atoms with E-state index in [1.165, 1.54) is 19.2 Å². The van der Waals surface area contributed by atoms with Crippen molar-refractivity contribution in [2.45, 2.75) is 19.0 Å². The van der Waals surface area contributed by atoms with Gasteiger partial charge in [-0.15, -0.1) is 0 Å². The summed E-state index contributed by atoms with van der Waals surface area (Å²) in [5.41, 5.74) is 1.29. The number of rotatable bonds is 6. The molecule has 25 heavy (non-hydrogen) atoms. The van der Waals surface area contributed by atoms with Crippen LogP contribution < -0.4 is 5.32 Å². The van der Waals surface area contributed by atoms with Crippen LogP contribution in [0, 0.1) is 5.82 Å². The fourth-order valence-electron chi connectivity index (χ4n) is 2.48. The molecule has 0 aliphatic rings. The number of hydrogen-bond acceptors (Lipinski definition) is 3. The minimum atomic E-state index is -3.58. The van der Waals surface area contributed by atoms with E-state index < -0.39 is 28.0 Å². The van der Waals surface area contributed by atoms with Crippen LogP contribution >= 0.6 is 0 Å². The Hall–Kier alpha value is -2.25. The Kier molecular flexibility index (Phi) is 5.92. The molecule has 1 amide bonds. The lowest BCUT2D eigenvalue weighted by Gasteiger charge is -2.27. The summed E-state index contributed by atoms with van der Waals surface area (Å²) in [6.45, 7) is 1.76. The molecular formula is C18H21FN2O3S. The van der Waals surface area contributed by atoms with E-state index >= 15 is 0 Å². The van der Waals surface area contributed by atoms with Gasteiger partial charge in [-0.25, -0.2) is 12.8 Å². The zero-order chi connectivity index (χ0) is 18.6. The van der Waals surface area contributed by atoms with Crippen molar-refractivity contribution in [2.24, 2.45) is 0 Å². The third-order valence-electron chi connectivity index (χ3n) is 3.98. The van der Waals surface area contributed by atoms with Gasteiger partial charge in [0, 0.05) is 7.05 Å². The standard InChI is InChI=1S/C18H21FN2O3S/c1-13(14-9-11-16(19)12-10-14)20-18(22)17(21(2)25(3,23)24)15-7-5-4-6-8-15/h4-13,17H,1-3H3,(H,20,22). The normalized spacial score (nSPS) is 14.1. The van der Waals surface area contributed by atoms with E-state index in [2.05, 4.69) is 5.32 Å². The summed E-state index contributed by atoms with van der Waals surface area (Å²) in [4.78, 5) is 12.8. The molecule has 2 rings (SSSR count). The van der Waals surface area contributed by atoms with Gasteiger partial charge in [0.1, 0.15) is 11.9 Å². The number of carbonyl (C=O) groups is 1. The summed E-state index contributed by atoms with van der Waals surface area (Å²) >= 11 is 0.